The first-order valence-corrected chi connectivity index (χ1v) is 7.63. The fourth-order valence-electron chi connectivity index (χ4n) is 2.32. The second kappa shape index (κ2) is 5.84. The monoisotopic (exact) mass is 282 g/mol. The van der Waals surface area contributed by atoms with Crippen LogP contribution in [0.3, 0.4) is 0 Å². The van der Waals surface area contributed by atoms with E-state index in [2.05, 4.69) is 0 Å². The number of rotatable bonds is 4. The predicted molar refractivity (Wildman–Crippen MR) is 72.7 cm³/mol. The molecule has 1 aliphatic rings. The van der Waals surface area contributed by atoms with Crippen molar-refractivity contribution in [2.45, 2.75) is 43.8 Å². The Bertz CT molecular complexity index is 512. The SMILES string of the molecule is Cc1ccc(S(=O)CC2CCC(C(=O)O)O2)c(C)c1. The zero-order valence-corrected chi connectivity index (χ0v) is 11.9. The number of hydrogen-bond acceptors (Lipinski definition) is 3. The first-order valence-electron chi connectivity index (χ1n) is 6.31. The van der Waals surface area contributed by atoms with Crippen molar-refractivity contribution in [1.82, 2.24) is 0 Å². The van der Waals surface area contributed by atoms with Crippen molar-refractivity contribution in [2.75, 3.05) is 5.75 Å². The van der Waals surface area contributed by atoms with Gasteiger partial charge in [-0.3, -0.25) is 4.21 Å². The molecule has 4 nitrogen and oxygen atoms in total. The highest BCUT2D eigenvalue weighted by Gasteiger charge is 2.31. The van der Waals surface area contributed by atoms with Crippen LogP contribution in [-0.2, 0) is 20.3 Å². The van der Waals surface area contributed by atoms with E-state index in [4.69, 9.17) is 9.84 Å². The Balaban J connectivity index is 2.00. The minimum atomic E-state index is -1.14. The molecule has 1 aromatic rings. The Labute approximate surface area is 115 Å². The highest BCUT2D eigenvalue weighted by Crippen LogP contribution is 2.23. The van der Waals surface area contributed by atoms with Gasteiger partial charge in [-0.1, -0.05) is 17.7 Å². The summed E-state index contributed by atoms with van der Waals surface area (Å²) >= 11 is 0. The molecule has 1 fully saturated rings. The van der Waals surface area contributed by atoms with Gasteiger partial charge < -0.3 is 9.84 Å². The van der Waals surface area contributed by atoms with E-state index in [1.54, 1.807) is 0 Å². The Hall–Kier alpha value is -1.20. The van der Waals surface area contributed by atoms with Crippen molar-refractivity contribution in [3.05, 3.63) is 29.3 Å². The third kappa shape index (κ3) is 3.42. The maximum atomic E-state index is 12.3. The molecule has 1 aliphatic heterocycles. The van der Waals surface area contributed by atoms with Crippen molar-refractivity contribution in [3.63, 3.8) is 0 Å². The largest absolute Gasteiger partial charge is 0.479 e. The van der Waals surface area contributed by atoms with Gasteiger partial charge >= 0.3 is 5.97 Å². The zero-order valence-electron chi connectivity index (χ0n) is 11.1. The lowest BCUT2D eigenvalue weighted by molar-refractivity contribution is -0.148. The molecule has 3 atom stereocenters. The second-order valence-electron chi connectivity index (χ2n) is 4.94. The summed E-state index contributed by atoms with van der Waals surface area (Å²) < 4.78 is 17.7. The summed E-state index contributed by atoms with van der Waals surface area (Å²) in [5.74, 6) is -0.562. The molecule has 0 amide bonds. The molecule has 19 heavy (non-hydrogen) atoms. The quantitative estimate of drug-likeness (QED) is 0.918. The number of hydrogen-bond donors (Lipinski definition) is 1. The highest BCUT2D eigenvalue weighted by atomic mass is 32.2. The van der Waals surface area contributed by atoms with Crippen LogP contribution in [0.15, 0.2) is 23.1 Å². The summed E-state index contributed by atoms with van der Waals surface area (Å²) in [4.78, 5) is 11.6. The van der Waals surface area contributed by atoms with Crippen LogP contribution in [0.4, 0.5) is 0 Å². The molecule has 2 rings (SSSR count). The number of carboxylic acid groups (broad SMARTS) is 1. The van der Waals surface area contributed by atoms with Crippen molar-refractivity contribution in [3.8, 4) is 0 Å². The molecular weight excluding hydrogens is 264 g/mol. The van der Waals surface area contributed by atoms with E-state index in [1.807, 2.05) is 32.0 Å². The van der Waals surface area contributed by atoms with E-state index in [0.717, 1.165) is 16.0 Å². The summed E-state index contributed by atoms with van der Waals surface area (Å²) in [5, 5.41) is 8.86. The van der Waals surface area contributed by atoms with E-state index in [1.165, 1.54) is 0 Å². The molecule has 0 spiro atoms. The standard InChI is InChI=1S/C14H18O4S/c1-9-3-6-13(10(2)7-9)19(17)8-11-4-5-12(18-11)14(15)16/h3,6-7,11-12H,4-5,8H2,1-2H3,(H,15,16). The average molecular weight is 282 g/mol. The van der Waals surface area contributed by atoms with Gasteiger partial charge in [-0.15, -0.1) is 0 Å². The van der Waals surface area contributed by atoms with Crippen LogP contribution < -0.4 is 0 Å². The van der Waals surface area contributed by atoms with Gasteiger partial charge in [0.25, 0.3) is 0 Å². The number of aliphatic carboxylic acids is 1. The number of aryl methyl sites for hydroxylation is 2. The van der Waals surface area contributed by atoms with E-state index in [0.29, 0.717) is 18.6 Å². The third-order valence-corrected chi connectivity index (χ3v) is 4.92. The summed E-state index contributed by atoms with van der Waals surface area (Å²) in [6.07, 6.45) is 0.210. The molecular formula is C14H18O4S. The molecule has 3 unspecified atom stereocenters. The predicted octanol–water partition coefficient (Wildman–Crippen LogP) is 2.04. The van der Waals surface area contributed by atoms with Gasteiger partial charge in [-0.25, -0.2) is 4.79 Å². The molecule has 104 valence electrons. The van der Waals surface area contributed by atoms with Crippen LogP contribution in [0.5, 0.6) is 0 Å². The summed E-state index contributed by atoms with van der Waals surface area (Å²) in [5.41, 5.74) is 2.15. The van der Waals surface area contributed by atoms with Gasteiger partial charge in [-0.05, 0) is 38.3 Å². The summed E-state index contributed by atoms with van der Waals surface area (Å²) in [6.45, 7) is 3.94. The Kier molecular flexibility index (Phi) is 4.37. The van der Waals surface area contributed by atoms with Crippen molar-refractivity contribution in [2.24, 2.45) is 0 Å². The Morgan fingerprint density at radius 1 is 1.42 bits per heavy atom. The van der Waals surface area contributed by atoms with Gasteiger partial charge in [0, 0.05) is 4.90 Å². The minimum Gasteiger partial charge on any atom is -0.479 e. The molecule has 5 heteroatoms. The van der Waals surface area contributed by atoms with Crippen LogP contribution in [0.25, 0.3) is 0 Å². The van der Waals surface area contributed by atoms with E-state index in [9.17, 15) is 9.00 Å². The Morgan fingerprint density at radius 2 is 2.16 bits per heavy atom. The average Bonchev–Trinajstić information content (AvgIpc) is 2.77. The lowest BCUT2D eigenvalue weighted by Crippen LogP contribution is -2.23. The van der Waals surface area contributed by atoms with Crippen molar-refractivity contribution in [1.29, 1.82) is 0 Å². The molecule has 1 N–H and O–H groups in total. The van der Waals surface area contributed by atoms with Gasteiger partial charge in [0.15, 0.2) is 6.10 Å². The van der Waals surface area contributed by atoms with Gasteiger partial charge in [0.2, 0.25) is 0 Å². The van der Waals surface area contributed by atoms with Crippen LogP contribution in [0, 0.1) is 13.8 Å². The van der Waals surface area contributed by atoms with E-state index < -0.39 is 22.9 Å². The fourth-order valence-corrected chi connectivity index (χ4v) is 3.72. The topological polar surface area (TPSA) is 63.6 Å². The maximum absolute atomic E-state index is 12.3. The number of carboxylic acids is 1. The normalized spacial score (nSPS) is 24.3. The van der Waals surface area contributed by atoms with Crippen molar-refractivity contribution < 1.29 is 18.8 Å². The zero-order chi connectivity index (χ0) is 14.0. The number of carbonyl (C=O) groups is 1. The summed E-state index contributed by atoms with van der Waals surface area (Å²) in [7, 11) is -1.14. The molecule has 0 saturated carbocycles. The van der Waals surface area contributed by atoms with Gasteiger partial charge in [-0.2, -0.15) is 0 Å². The van der Waals surface area contributed by atoms with E-state index in [-0.39, 0.29) is 6.10 Å². The van der Waals surface area contributed by atoms with Gasteiger partial charge in [0.1, 0.15) is 0 Å². The molecule has 1 aromatic carbocycles. The molecule has 1 saturated heterocycles. The van der Waals surface area contributed by atoms with Crippen molar-refractivity contribution >= 4 is 16.8 Å². The minimum absolute atomic E-state index is 0.220. The van der Waals surface area contributed by atoms with Crippen LogP contribution in [0.1, 0.15) is 24.0 Å². The van der Waals surface area contributed by atoms with Crippen LogP contribution in [-0.4, -0.2) is 33.2 Å². The summed E-state index contributed by atoms with van der Waals surface area (Å²) in [6, 6.07) is 5.82. The molecule has 0 aliphatic carbocycles. The molecule has 0 radical (unpaired) electrons. The second-order valence-corrected chi connectivity index (χ2v) is 6.41. The molecule has 0 aromatic heterocycles. The smallest absolute Gasteiger partial charge is 0.332 e. The number of ether oxygens (including phenoxy) is 1. The lowest BCUT2D eigenvalue weighted by Gasteiger charge is -2.12. The first kappa shape index (κ1) is 14.2. The molecule has 1 heterocycles. The fraction of sp³-hybridized carbons (Fsp3) is 0.500. The van der Waals surface area contributed by atoms with Gasteiger partial charge in [0.05, 0.1) is 22.7 Å². The van der Waals surface area contributed by atoms with Crippen LogP contribution >= 0.6 is 0 Å². The van der Waals surface area contributed by atoms with Crippen LogP contribution in [0.2, 0.25) is 0 Å². The van der Waals surface area contributed by atoms with E-state index >= 15 is 0 Å². The maximum Gasteiger partial charge on any atom is 0.332 e. The molecule has 0 bridgehead atoms. The highest BCUT2D eigenvalue weighted by molar-refractivity contribution is 7.85. The Morgan fingerprint density at radius 3 is 2.74 bits per heavy atom. The number of benzene rings is 1. The third-order valence-electron chi connectivity index (χ3n) is 3.30. The lowest BCUT2D eigenvalue weighted by atomic mass is 10.2. The first-order chi connectivity index (χ1) is 8.97.